The maximum absolute atomic E-state index is 12.1. The topological polar surface area (TPSA) is 55.1 Å². The summed E-state index contributed by atoms with van der Waals surface area (Å²) in [6.45, 7) is 0.473. The summed E-state index contributed by atoms with van der Waals surface area (Å²) in [5, 5.41) is 2.83. The molecule has 0 bridgehead atoms. The first-order valence-corrected chi connectivity index (χ1v) is 7.12. The molecule has 22 heavy (non-hydrogen) atoms. The van der Waals surface area contributed by atoms with E-state index in [4.69, 9.17) is 4.42 Å². The van der Waals surface area contributed by atoms with Gasteiger partial charge in [-0.05, 0) is 11.1 Å². The Bertz CT molecular complexity index is 736. The highest BCUT2D eigenvalue weighted by Gasteiger charge is 2.12. The van der Waals surface area contributed by atoms with Gasteiger partial charge in [0.15, 0.2) is 11.6 Å². The van der Waals surface area contributed by atoms with Crippen LogP contribution in [0.3, 0.4) is 0 Å². The monoisotopic (exact) mass is 292 g/mol. The Labute approximate surface area is 128 Å². The predicted molar refractivity (Wildman–Crippen MR) is 83.4 cm³/mol. The van der Waals surface area contributed by atoms with Crippen molar-refractivity contribution in [3.8, 4) is 0 Å². The lowest BCUT2D eigenvalue weighted by atomic mass is 10.1. The molecule has 2 aromatic carbocycles. The van der Waals surface area contributed by atoms with Crippen molar-refractivity contribution in [2.45, 2.75) is 13.0 Å². The number of nitrogens with one attached hydrogen (secondary N) is 1. The molecule has 0 spiro atoms. The average Bonchev–Trinajstić information content (AvgIpc) is 3.03. The molecule has 0 aliphatic carbocycles. The molecule has 0 aliphatic heterocycles. The van der Waals surface area contributed by atoms with E-state index in [1.54, 1.807) is 0 Å². The maximum Gasteiger partial charge on any atom is 0.273 e. The van der Waals surface area contributed by atoms with Crippen LogP contribution in [-0.4, -0.2) is 10.9 Å². The fourth-order valence-electron chi connectivity index (χ4n) is 2.14. The van der Waals surface area contributed by atoms with Gasteiger partial charge >= 0.3 is 0 Å². The molecule has 1 N–H and O–H groups in total. The molecule has 1 heterocycles. The van der Waals surface area contributed by atoms with E-state index < -0.39 is 0 Å². The Morgan fingerprint density at radius 2 is 1.59 bits per heavy atom. The summed E-state index contributed by atoms with van der Waals surface area (Å²) in [5.74, 6) is 0.308. The summed E-state index contributed by atoms with van der Waals surface area (Å²) < 4.78 is 5.37. The van der Waals surface area contributed by atoms with Crippen LogP contribution in [0.4, 0.5) is 0 Å². The number of hydrogen-bond acceptors (Lipinski definition) is 3. The largest absolute Gasteiger partial charge is 0.448 e. The summed E-state index contributed by atoms with van der Waals surface area (Å²) in [6, 6.07) is 19.6. The van der Waals surface area contributed by atoms with E-state index in [9.17, 15) is 4.79 Å². The molecule has 0 unspecified atom stereocenters. The number of rotatable bonds is 5. The van der Waals surface area contributed by atoms with Crippen LogP contribution >= 0.6 is 0 Å². The van der Waals surface area contributed by atoms with Crippen LogP contribution < -0.4 is 5.32 Å². The molecule has 0 radical (unpaired) electrons. The molecule has 1 aromatic heterocycles. The Balaban J connectivity index is 1.60. The smallest absolute Gasteiger partial charge is 0.273 e. The molecule has 0 aliphatic rings. The Morgan fingerprint density at radius 3 is 2.27 bits per heavy atom. The summed E-state index contributed by atoms with van der Waals surface area (Å²) in [6.07, 6.45) is 1.98. The first-order chi connectivity index (χ1) is 10.8. The van der Waals surface area contributed by atoms with Gasteiger partial charge in [-0.15, -0.1) is 0 Å². The second kappa shape index (κ2) is 6.72. The van der Waals surface area contributed by atoms with E-state index in [-0.39, 0.29) is 5.91 Å². The summed E-state index contributed by atoms with van der Waals surface area (Å²) in [5.41, 5.74) is 2.45. The number of oxazole rings is 1. The van der Waals surface area contributed by atoms with Gasteiger partial charge in [0, 0.05) is 13.0 Å². The Hall–Kier alpha value is -2.88. The second-order valence-corrected chi connectivity index (χ2v) is 4.96. The number of nitrogens with zero attached hydrogens (tertiary/aromatic N) is 1. The van der Waals surface area contributed by atoms with Gasteiger partial charge in [0.1, 0.15) is 6.26 Å². The van der Waals surface area contributed by atoms with Crippen molar-refractivity contribution in [3.05, 3.63) is 89.6 Å². The molecular weight excluding hydrogens is 276 g/mol. The van der Waals surface area contributed by atoms with Gasteiger partial charge in [0.2, 0.25) is 0 Å². The van der Waals surface area contributed by atoms with E-state index in [1.807, 2.05) is 60.7 Å². The third kappa shape index (κ3) is 3.61. The molecule has 3 aromatic rings. The summed E-state index contributed by atoms with van der Waals surface area (Å²) in [4.78, 5) is 16.3. The van der Waals surface area contributed by atoms with Crippen molar-refractivity contribution in [1.29, 1.82) is 0 Å². The molecule has 0 fully saturated rings. The fourth-order valence-corrected chi connectivity index (χ4v) is 2.14. The van der Waals surface area contributed by atoms with Crippen molar-refractivity contribution in [1.82, 2.24) is 10.3 Å². The zero-order chi connectivity index (χ0) is 15.2. The molecule has 0 atom stereocenters. The number of benzene rings is 2. The van der Waals surface area contributed by atoms with Gasteiger partial charge in [0.25, 0.3) is 5.91 Å². The van der Waals surface area contributed by atoms with E-state index in [0.29, 0.717) is 24.6 Å². The standard InChI is InChI=1S/C18H16N2O2/c21-18(19-12-15-9-5-2-6-10-15)16-13-22-17(20-16)11-14-7-3-1-4-8-14/h1-10,13H,11-12H2,(H,19,21). The maximum atomic E-state index is 12.1. The highest BCUT2D eigenvalue weighted by Crippen LogP contribution is 2.09. The lowest BCUT2D eigenvalue weighted by Crippen LogP contribution is -2.23. The number of amides is 1. The van der Waals surface area contributed by atoms with Crippen molar-refractivity contribution in [2.24, 2.45) is 0 Å². The van der Waals surface area contributed by atoms with Gasteiger partial charge in [-0.1, -0.05) is 60.7 Å². The van der Waals surface area contributed by atoms with Crippen LogP contribution in [0.15, 0.2) is 71.3 Å². The molecule has 4 nitrogen and oxygen atoms in total. The Kier molecular flexibility index (Phi) is 4.30. The third-order valence-corrected chi connectivity index (χ3v) is 3.28. The molecule has 0 saturated carbocycles. The van der Waals surface area contributed by atoms with E-state index in [2.05, 4.69) is 10.3 Å². The van der Waals surface area contributed by atoms with Gasteiger partial charge < -0.3 is 9.73 Å². The molecule has 4 heteroatoms. The molecule has 1 amide bonds. The van der Waals surface area contributed by atoms with Crippen molar-refractivity contribution in [2.75, 3.05) is 0 Å². The van der Waals surface area contributed by atoms with Crippen LogP contribution in [0.5, 0.6) is 0 Å². The van der Waals surface area contributed by atoms with Crippen LogP contribution in [-0.2, 0) is 13.0 Å². The zero-order valence-corrected chi connectivity index (χ0v) is 12.0. The van der Waals surface area contributed by atoms with Crippen LogP contribution in [0.1, 0.15) is 27.5 Å². The van der Waals surface area contributed by atoms with Crippen molar-refractivity contribution < 1.29 is 9.21 Å². The minimum Gasteiger partial charge on any atom is -0.448 e. The first-order valence-electron chi connectivity index (χ1n) is 7.12. The normalized spacial score (nSPS) is 10.4. The SMILES string of the molecule is O=C(NCc1ccccc1)c1coc(Cc2ccccc2)n1. The third-order valence-electron chi connectivity index (χ3n) is 3.28. The summed E-state index contributed by atoms with van der Waals surface area (Å²) >= 11 is 0. The van der Waals surface area contributed by atoms with E-state index in [0.717, 1.165) is 11.1 Å². The second-order valence-electron chi connectivity index (χ2n) is 4.96. The minimum atomic E-state index is -0.230. The lowest BCUT2D eigenvalue weighted by molar-refractivity contribution is 0.0946. The lowest BCUT2D eigenvalue weighted by Gasteiger charge is -2.02. The molecule has 3 rings (SSSR count). The zero-order valence-electron chi connectivity index (χ0n) is 12.0. The number of aromatic nitrogens is 1. The first kappa shape index (κ1) is 14.1. The highest BCUT2D eigenvalue weighted by atomic mass is 16.3. The van der Waals surface area contributed by atoms with Crippen LogP contribution in [0.2, 0.25) is 0 Å². The van der Waals surface area contributed by atoms with Crippen molar-refractivity contribution in [3.63, 3.8) is 0 Å². The van der Waals surface area contributed by atoms with Gasteiger partial charge in [0.05, 0.1) is 0 Å². The van der Waals surface area contributed by atoms with E-state index in [1.165, 1.54) is 6.26 Å². The number of carbonyl (C=O) groups excluding carboxylic acids is 1. The molecule has 110 valence electrons. The van der Waals surface area contributed by atoms with Gasteiger partial charge in [-0.2, -0.15) is 0 Å². The quantitative estimate of drug-likeness (QED) is 0.785. The highest BCUT2D eigenvalue weighted by molar-refractivity contribution is 5.91. The Morgan fingerprint density at radius 1 is 0.955 bits per heavy atom. The average molecular weight is 292 g/mol. The minimum absolute atomic E-state index is 0.230. The van der Waals surface area contributed by atoms with Gasteiger partial charge in [-0.25, -0.2) is 4.98 Å². The number of hydrogen-bond donors (Lipinski definition) is 1. The fraction of sp³-hybridized carbons (Fsp3) is 0.111. The molecule has 0 saturated heterocycles. The summed E-state index contributed by atoms with van der Waals surface area (Å²) in [7, 11) is 0. The predicted octanol–water partition coefficient (Wildman–Crippen LogP) is 3.20. The van der Waals surface area contributed by atoms with E-state index >= 15 is 0 Å². The number of carbonyl (C=O) groups is 1. The van der Waals surface area contributed by atoms with Crippen LogP contribution in [0, 0.1) is 0 Å². The van der Waals surface area contributed by atoms with Crippen molar-refractivity contribution >= 4 is 5.91 Å². The van der Waals surface area contributed by atoms with Gasteiger partial charge in [-0.3, -0.25) is 4.79 Å². The molecular formula is C18H16N2O2. The van der Waals surface area contributed by atoms with Crippen LogP contribution in [0.25, 0.3) is 0 Å².